The van der Waals surface area contributed by atoms with Crippen LogP contribution >= 0.6 is 0 Å². The zero-order valence-corrected chi connectivity index (χ0v) is 20.4. The molecule has 184 valence electrons. The highest BCUT2D eigenvalue weighted by Gasteiger charge is 2.36. The second kappa shape index (κ2) is 10.2. The molecule has 7 heteroatoms. The number of hydrogen-bond acceptors (Lipinski definition) is 5. The van der Waals surface area contributed by atoms with Gasteiger partial charge in [0.1, 0.15) is 5.76 Å². The topological polar surface area (TPSA) is 98.6 Å². The highest BCUT2D eigenvalue weighted by molar-refractivity contribution is 6.10. The van der Waals surface area contributed by atoms with E-state index in [1.807, 2.05) is 19.2 Å². The SMILES string of the molecule is CCOC1=CC(=N)/C(=C\N=CC2CCC(C3CC3)CC2)C=C1NC(=O)c1cccc(C2CC2)[n+]1O. The number of carbonyl (C=O) groups is 1. The number of amides is 1. The smallest absolute Gasteiger partial charge is 0.325 e. The first-order valence-electron chi connectivity index (χ1n) is 13.0. The quantitative estimate of drug-likeness (QED) is 0.285. The highest BCUT2D eigenvalue weighted by Crippen LogP contribution is 2.44. The van der Waals surface area contributed by atoms with Crippen LogP contribution in [-0.2, 0) is 4.74 Å². The van der Waals surface area contributed by atoms with Crippen molar-refractivity contribution in [3.63, 3.8) is 0 Å². The molecule has 3 N–H and O–H groups in total. The molecule has 0 aromatic carbocycles. The number of nitrogens with one attached hydrogen (secondary N) is 2. The summed E-state index contributed by atoms with van der Waals surface area (Å²) in [5.41, 5.74) is 2.26. The molecular formula is C28H35N4O3+. The Morgan fingerprint density at radius 3 is 2.51 bits per heavy atom. The van der Waals surface area contributed by atoms with Crippen LogP contribution in [-0.4, -0.2) is 29.6 Å². The molecule has 7 nitrogen and oxygen atoms in total. The number of aromatic nitrogens is 1. The number of rotatable bonds is 8. The fourth-order valence-electron chi connectivity index (χ4n) is 5.22. The minimum atomic E-state index is -0.435. The molecule has 0 spiro atoms. The average Bonchev–Trinajstić information content (AvgIpc) is 3.76. The molecule has 4 aliphatic carbocycles. The molecule has 1 amide bonds. The normalized spacial score (nSPS) is 26.0. The molecule has 5 rings (SSSR count). The van der Waals surface area contributed by atoms with Crippen LogP contribution in [0.1, 0.15) is 80.4 Å². The Hall–Kier alpha value is -3.22. The van der Waals surface area contributed by atoms with E-state index in [-0.39, 0.29) is 11.4 Å². The van der Waals surface area contributed by atoms with Gasteiger partial charge >= 0.3 is 11.6 Å². The number of ether oxygens (including phenoxy) is 1. The molecule has 4 aliphatic rings. The van der Waals surface area contributed by atoms with E-state index < -0.39 is 5.91 Å². The minimum absolute atomic E-state index is 0.164. The molecule has 0 radical (unpaired) electrons. The van der Waals surface area contributed by atoms with Crippen molar-refractivity contribution in [2.24, 2.45) is 22.7 Å². The molecule has 3 fully saturated rings. The van der Waals surface area contributed by atoms with Gasteiger partial charge in [0.2, 0.25) is 5.69 Å². The van der Waals surface area contributed by atoms with E-state index in [2.05, 4.69) is 10.3 Å². The van der Waals surface area contributed by atoms with Crippen molar-refractivity contribution in [3.8, 4) is 0 Å². The van der Waals surface area contributed by atoms with Crippen molar-refractivity contribution >= 4 is 17.8 Å². The molecule has 0 aliphatic heterocycles. The van der Waals surface area contributed by atoms with Gasteiger partial charge in [-0.1, -0.05) is 0 Å². The predicted molar refractivity (Wildman–Crippen MR) is 134 cm³/mol. The Kier molecular flexibility index (Phi) is 6.84. The van der Waals surface area contributed by atoms with Gasteiger partial charge < -0.3 is 15.5 Å². The Morgan fingerprint density at radius 2 is 1.86 bits per heavy atom. The Labute approximate surface area is 206 Å². The highest BCUT2D eigenvalue weighted by atomic mass is 16.5. The van der Waals surface area contributed by atoms with Crippen LogP contribution in [0.15, 0.2) is 58.6 Å². The van der Waals surface area contributed by atoms with Gasteiger partial charge in [-0.15, -0.1) is 0 Å². The van der Waals surface area contributed by atoms with Gasteiger partial charge in [0, 0.05) is 46.8 Å². The summed E-state index contributed by atoms with van der Waals surface area (Å²) in [6.07, 6.45) is 16.9. The lowest BCUT2D eigenvalue weighted by Gasteiger charge is -2.26. The van der Waals surface area contributed by atoms with Gasteiger partial charge in [0.15, 0.2) is 0 Å². The first-order chi connectivity index (χ1) is 17.0. The number of pyridine rings is 1. The van der Waals surface area contributed by atoms with Gasteiger partial charge in [-0.25, -0.2) is 0 Å². The Balaban J connectivity index is 1.29. The summed E-state index contributed by atoms with van der Waals surface area (Å²) in [6, 6.07) is 5.23. The zero-order valence-electron chi connectivity index (χ0n) is 20.4. The third-order valence-corrected chi connectivity index (χ3v) is 7.54. The second-order valence-electron chi connectivity index (χ2n) is 10.2. The molecule has 0 unspecified atom stereocenters. The van der Waals surface area contributed by atoms with Crippen LogP contribution in [0.25, 0.3) is 0 Å². The van der Waals surface area contributed by atoms with Gasteiger partial charge in [-0.05, 0) is 88.2 Å². The van der Waals surface area contributed by atoms with E-state index in [1.54, 1.807) is 30.5 Å². The van der Waals surface area contributed by atoms with Crippen LogP contribution in [0.2, 0.25) is 0 Å². The number of hydrogen-bond donors (Lipinski definition) is 3. The fourth-order valence-corrected chi connectivity index (χ4v) is 5.22. The van der Waals surface area contributed by atoms with Crippen molar-refractivity contribution in [2.45, 2.75) is 64.2 Å². The first kappa shape index (κ1) is 23.5. The zero-order chi connectivity index (χ0) is 24.4. The number of aliphatic imine (C=N–C) groups is 1. The lowest BCUT2D eigenvalue weighted by molar-refractivity contribution is -0.910. The maximum Gasteiger partial charge on any atom is 0.325 e. The third-order valence-electron chi connectivity index (χ3n) is 7.54. The first-order valence-corrected chi connectivity index (χ1v) is 13.0. The van der Waals surface area contributed by atoms with Crippen LogP contribution in [0.3, 0.4) is 0 Å². The molecular weight excluding hydrogens is 440 g/mol. The van der Waals surface area contributed by atoms with Gasteiger partial charge in [-0.2, -0.15) is 0 Å². The lowest BCUT2D eigenvalue weighted by atomic mass is 9.80. The van der Waals surface area contributed by atoms with E-state index in [1.165, 1.54) is 38.5 Å². The average molecular weight is 476 g/mol. The lowest BCUT2D eigenvalue weighted by Crippen LogP contribution is -2.45. The molecule has 0 atom stereocenters. The van der Waals surface area contributed by atoms with E-state index in [0.717, 1.165) is 35.1 Å². The van der Waals surface area contributed by atoms with Crippen molar-refractivity contribution in [1.82, 2.24) is 5.32 Å². The predicted octanol–water partition coefficient (Wildman–Crippen LogP) is 4.83. The number of allylic oxidation sites excluding steroid dienone is 3. The minimum Gasteiger partial charge on any atom is -0.492 e. The molecule has 0 saturated heterocycles. The summed E-state index contributed by atoms with van der Waals surface area (Å²) in [5.74, 6) is 2.69. The van der Waals surface area contributed by atoms with Gasteiger partial charge in [0.05, 0.1) is 18.0 Å². The third kappa shape index (κ3) is 5.55. The second-order valence-corrected chi connectivity index (χ2v) is 10.2. The summed E-state index contributed by atoms with van der Waals surface area (Å²) in [6.45, 7) is 2.27. The maximum atomic E-state index is 13.0. The van der Waals surface area contributed by atoms with Crippen LogP contribution in [0.4, 0.5) is 0 Å². The van der Waals surface area contributed by atoms with Crippen LogP contribution in [0.5, 0.6) is 0 Å². The van der Waals surface area contributed by atoms with E-state index in [9.17, 15) is 10.0 Å². The molecule has 35 heavy (non-hydrogen) atoms. The standard InChI is InChI=1S/C28H34N4O3/c1-2-35-27-15-23(29)22(17-30-16-18-6-8-19(9-7-18)20-10-11-20)14-24(27)31-28(33)26-5-3-4-25(32(26)34)21-12-13-21/h3-5,14-21,29H,2,6-13H2,1H3,(H-,31,33,34)/p+1. The molecule has 1 aromatic heterocycles. The monoisotopic (exact) mass is 475 g/mol. The van der Waals surface area contributed by atoms with E-state index >= 15 is 0 Å². The largest absolute Gasteiger partial charge is 0.492 e. The Morgan fingerprint density at radius 1 is 1.14 bits per heavy atom. The van der Waals surface area contributed by atoms with Crippen LogP contribution < -0.4 is 10.0 Å². The number of carbonyl (C=O) groups excluding carboxylic acids is 1. The van der Waals surface area contributed by atoms with Gasteiger partial charge in [0.25, 0.3) is 0 Å². The summed E-state index contributed by atoms with van der Waals surface area (Å²) in [4.78, 5) is 17.6. The molecule has 0 bridgehead atoms. The summed E-state index contributed by atoms with van der Waals surface area (Å²) in [7, 11) is 0. The summed E-state index contributed by atoms with van der Waals surface area (Å²) < 4.78 is 6.68. The van der Waals surface area contributed by atoms with E-state index in [0.29, 0.717) is 35.5 Å². The Bertz CT molecular complexity index is 1120. The molecule has 3 saturated carbocycles. The van der Waals surface area contributed by atoms with E-state index in [4.69, 9.17) is 10.1 Å². The summed E-state index contributed by atoms with van der Waals surface area (Å²) in [5, 5.41) is 21.9. The molecule has 1 aromatic rings. The fraction of sp³-hybridized carbons (Fsp3) is 0.500. The molecule has 1 heterocycles. The summed E-state index contributed by atoms with van der Waals surface area (Å²) >= 11 is 0. The van der Waals surface area contributed by atoms with Crippen molar-refractivity contribution in [3.05, 3.63) is 65.0 Å². The van der Waals surface area contributed by atoms with Gasteiger partial charge in [-0.3, -0.25) is 15.0 Å². The van der Waals surface area contributed by atoms with Crippen molar-refractivity contribution in [1.29, 1.82) is 5.41 Å². The van der Waals surface area contributed by atoms with Crippen LogP contribution in [0, 0.1) is 23.2 Å². The van der Waals surface area contributed by atoms with Crippen molar-refractivity contribution in [2.75, 3.05) is 6.61 Å². The maximum absolute atomic E-state index is 13.0. The number of nitrogens with zero attached hydrogens (tertiary/aromatic N) is 2. The van der Waals surface area contributed by atoms with Crippen molar-refractivity contribution < 1.29 is 19.5 Å².